The van der Waals surface area contributed by atoms with Gasteiger partial charge in [0.1, 0.15) is 11.9 Å². The Morgan fingerprint density at radius 2 is 1.79 bits per heavy atom. The number of fused-ring (bicyclic) bond motifs is 1. The number of hydrogen-bond acceptors (Lipinski definition) is 5. The minimum Gasteiger partial charge on any atom is -0.452 e. The zero-order chi connectivity index (χ0) is 24.1. The van der Waals surface area contributed by atoms with Crippen molar-refractivity contribution in [3.05, 3.63) is 95.3 Å². The number of carbonyl (C=O) groups is 2. The summed E-state index contributed by atoms with van der Waals surface area (Å²) in [5.41, 5.74) is 4.19. The van der Waals surface area contributed by atoms with E-state index in [1.807, 2.05) is 74.5 Å². The zero-order valence-corrected chi connectivity index (χ0v) is 18.8. The van der Waals surface area contributed by atoms with Crippen LogP contribution in [0.25, 0.3) is 22.7 Å². The van der Waals surface area contributed by atoms with E-state index in [0.29, 0.717) is 17.1 Å². The summed E-state index contributed by atoms with van der Waals surface area (Å²) in [5, 5.41) is 13.4. The molecule has 0 bridgehead atoms. The lowest BCUT2D eigenvalue weighted by atomic mass is 10.2. The average molecular weight is 450 g/mol. The average Bonchev–Trinajstić information content (AvgIpc) is 3.10. The third-order valence-corrected chi connectivity index (χ3v) is 5.45. The highest BCUT2D eigenvalue weighted by molar-refractivity contribution is 5.95. The Hall–Kier alpha value is -4.70. The number of benzene rings is 2. The Labute approximate surface area is 196 Å². The van der Waals surface area contributed by atoms with Gasteiger partial charge in [0.2, 0.25) is 0 Å². The van der Waals surface area contributed by atoms with Crippen molar-refractivity contribution >= 4 is 34.7 Å². The standard InChI is InChI=1S/C27H22N4O3/c1-18-19(2)31(22-9-4-3-5-10-22)27(23(18)16-28)30-25(32)17-34-26(33)15-14-21-13-12-20-8-6-7-11-24(20)29-21/h3-15H,17H2,1-2H3,(H,30,32)/b15-14-. The predicted molar refractivity (Wildman–Crippen MR) is 130 cm³/mol. The molecule has 4 aromatic rings. The summed E-state index contributed by atoms with van der Waals surface area (Å²) in [7, 11) is 0. The molecule has 2 aromatic heterocycles. The number of nitrogens with zero attached hydrogens (tertiary/aromatic N) is 3. The normalized spacial score (nSPS) is 10.9. The largest absolute Gasteiger partial charge is 0.452 e. The molecule has 7 nitrogen and oxygen atoms in total. The number of rotatable bonds is 6. The SMILES string of the molecule is Cc1c(C#N)c(NC(=O)COC(=O)/C=C\c2ccc3ccccc3n2)n(-c2ccccc2)c1C. The van der Waals surface area contributed by atoms with E-state index >= 15 is 0 Å². The van der Waals surface area contributed by atoms with Crippen molar-refractivity contribution < 1.29 is 14.3 Å². The van der Waals surface area contributed by atoms with Crippen LogP contribution >= 0.6 is 0 Å². The van der Waals surface area contributed by atoms with Crippen LogP contribution in [0, 0.1) is 25.2 Å². The maximum atomic E-state index is 12.6. The van der Waals surface area contributed by atoms with E-state index in [0.717, 1.165) is 27.8 Å². The van der Waals surface area contributed by atoms with Gasteiger partial charge < -0.3 is 10.1 Å². The summed E-state index contributed by atoms with van der Waals surface area (Å²) in [6, 6.07) is 22.9. The molecule has 2 heterocycles. The predicted octanol–water partition coefficient (Wildman–Crippen LogP) is 4.71. The molecule has 0 atom stereocenters. The Bertz CT molecular complexity index is 1450. The van der Waals surface area contributed by atoms with Gasteiger partial charge in [-0.3, -0.25) is 9.36 Å². The third kappa shape index (κ3) is 4.71. The number of esters is 1. The number of amides is 1. The van der Waals surface area contributed by atoms with Gasteiger partial charge in [0, 0.05) is 22.8 Å². The van der Waals surface area contributed by atoms with Crippen molar-refractivity contribution in [2.24, 2.45) is 0 Å². The molecule has 7 heteroatoms. The number of pyridine rings is 1. The molecule has 0 aliphatic rings. The van der Waals surface area contributed by atoms with E-state index in [-0.39, 0.29) is 0 Å². The summed E-state index contributed by atoms with van der Waals surface area (Å²) in [6.07, 6.45) is 2.76. The number of nitriles is 1. The molecule has 1 N–H and O–H groups in total. The van der Waals surface area contributed by atoms with Gasteiger partial charge in [0.05, 0.1) is 16.8 Å². The number of ether oxygens (including phenoxy) is 1. The van der Waals surface area contributed by atoms with Crippen LogP contribution in [0.1, 0.15) is 22.5 Å². The molecule has 1 amide bonds. The molecule has 0 spiro atoms. The highest BCUT2D eigenvalue weighted by Crippen LogP contribution is 2.29. The number of para-hydroxylation sites is 2. The number of hydrogen-bond donors (Lipinski definition) is 1. The highest BCUT2D eigenvalue weighted by Gasteiger charge is 2.21. The smallest absolute Gasteiger partial charge is 0.331 e. The molecular weight excluding hydrogens is 428 g/mol. The van der Waals surface area contributed by atoms with Crippen LogP contribution in [0.4, 0.5) is 5.82 Å². The Morgan fingerprint density at radius 1 is 1.06 bits per heavy atom. The van der Waals surface area contributed by atoms with Crippen LogP contribution in [0.2, 0.25) is 0 Å². The van der Waals surface area contributed by atoms with E-state index in [1.54, 1.807) is 10.6 Å². The van der Waals surface area contributed by atoms with Crippen LogP contribution in [0.3, 0.4) is 0 Å². The zero-order valence-electron chi connectivity index (χ0n) is 18.8. The molecule has 0 unspecified atom stereocenters. The monoisotopic (exact) mass is 450 g/mol. The van der Waals surface area contributed by atoms with E-state index in [4.69, 9.17) is 4.74 Å². The number of carbonyl (C=O) groups excluding carboxylic acids is 2. The van der Waals surface area contributed by atoms with Gasteiger partial charge in [-0.2, -0.15) is 5.26 Å². The van der Waals surface area contributed by atoms with Crippen LogP contribution in [-0.2, 0) is 14.3 Å². The van der Waals surface area contributed by atoms with Gasteiger partial charge in [-0.05, 0) is 49.8 Å². The topological polar surface area (TPSA) is 97.0 Å². The number of aromatic nitrogens is 2. The van der Waals surface area contributed by atoms with E-state index in [1.165, 1.54) is 12.2 Å². The molecule has 0 aliphatic heterocycles. The Morgan fingerprint density at radius 3 is 2.56 bits per heavy atom. The first-order valence-corrected chi connectivity index (χ1v) is 10.7. The molecule has 2 aromatic carbocycles. The minimum absolute atomic E-state index is 0.348. The molecule has 0 fully saturated rings. The molecule has 0 radical (unpaired) electrons. The summed E-state index contributed by atoms with van der Waals surface area (Å²) in [6.45, 7) is 3.22. The lowest BCUT2D eigenvalue weighted by Crippen LogP contribution is -2.22. The second kappa shape index (κ2) is 9.84. The van der Waals surface area contributed by atoms with Gasteiger partial charge >= 0.3 is 5.97 Å². The second-order valence-corrected chi connectivity index (χ2v) is 7.63. The summed E-state index contributed by atoms with van der Waals surface area (Å²) in [4.78, 5) is 29.2. The van der Waals surface area contributed by atoms with E-state index < -0.39 is 18.5 Å². The quantitative estimate of drug-likeness (QED) is 0.339. The van der Waals surface area contributed by atoms with Crippen LogP contribution in [0.15, 0.2) is 72.8 Å². The molecule has 0 saturated heterocycles. The maximum absolute atomic E-state index is 12.6. The van der Waals surface area contributed by atoms with Gasteiger partial charge in [-0.1, -0.05) is 42.5 Å². The fourth-order valence-electron chi connectivity index (χ4n) is 3.64. The van der Waals surface area contributed by atoms with E-state index in [2.05, 4.69) is 16.4 Å². The molecule has 0 saturated carbocycles. The van der Waals surface area contributed by atoms with Crippen molar-refractivity contribution in [3.63, 3.8) is 0 Å². The summed E-state index contributed by atoms with van der Waals surface area (Å²) in [5.74, 6) is -0.867. The van der Waals surface area contributed by atoms with E-state index in [9.17, 15) is 14.9 Å². The maximum Gasteiger partial charge on any atom is 0.331 e. The van der Waals surface area contributed by atoms with Gasteiger partial charge in [-0.15, -0.1) is 0 Å². The third-order valence-electron chi connectivity index (χ3n) is 5.45. The molecular formula is C27H22N4O3. The Kier molecular flexibility index (Phi) is 6.51. The molecule has 0 aliphatic carbocycles. The van der Waals surface area contributed by atoms with Gasteiger partial charge in [0.25, 0.3) is 5.91 Å². The van der Waals surface area contributed by atoms with Crippen LogP contribution < -0.4 is 5.32 Å². The fourth-order valence-corrected chi connectivity index (χ4v) is 3.64. The lowest BCUT2D eigenvalue weighted by Gasteiger charge is -2.13. The lowest BCUT2D eigenvalue weighted by molar-refractivity contribution is -0.142. The first-order valence-electron chi connectivity index (χ1n) is 10.7. The molecule has 168 valence electrons. The minimum atomic E-state index is -0.670. The molecule has 34 heavy (non-hydrogen) atoms. The number of anilines is 1. The second-order valence-electron chi connectivity index (χ2n) is 7.63. The van der Waals surface area contributed by atoms with Crippen molar-refractivity contribution in [1.29, 1.82) is 5.26 Å². The van der Waals surface area contributed by atoms with Crippen molar-refractivity contribution in [2.75, 3.05) is 11.9 Å². The van der Waals surface area contributed by atoms with Crippen molar-refractivity contribution in [1.82, 2.24) is 9.55 Å². The summed E-state index contributed by atoms with van der Waals surface area (Å²) < 4.78 is 6.89. The molecule has 4 rings (SSSR count). The Balaban J connectivity index is 1.44. The van der Waals surface area contributed by atoms with Crippen molar-refractivity contribution in [2.45, 2.75) is 13.8 Å². The first kappa shape index (κ1) is 22.5. The first-order chi connectivity index (χ1) is 16.5. The van der Waals surface area contributed by atoms with Gasteiger partial charge in [-0.25, -0.2) is 9.78 Å². The fraction of sp³-hybridized carbons (Fsp3) is 0.111. The number of nitrogens with one attached hydrogen (secondary N) is 1. The van der Waals surface area contributed by atoms with Crippen LogP contribution in [-0.4, -0.2) is 28.0 Å². The van der Waals surface area contributed by atoms with Crippen LogP contribution in [0.5, 0.6) is 0 Å². The highest BCUT2D eigenvalue weighted by atomic mass is 16.5. The van der Waals surface area contributed by atoms with Gasteiger partial charge in [0.15, 0.2) is 6.61 Å². The van der Waals surface area contributed by atoms with Crippen molar-refractivity contribution in [3.8, 4) is 11.8 Å². The summed E-state index contributed by atoms with van der Waals surface area (Å²) >= 11 is 0.